The second-order valence-corrected chi connectivity index (χ2v) is 8.15. The number of imidazole rings is 1. The predicted octanol–water partition coefficient (Wildman–Crippen LogP) is 2.58. The van der Waals surface area contributed by atoms with E-state index in [-0.39, 0.29) is 0 Å². The van der Waals surface area contributed by atoms with Crippen molar-refractivity contribution in [3.63, 3.8) is 0 Å². The molecule has 4 aromatic rings. The Kier molecular flexibility index (Phi) is 4.68. The molecule has 0 aliphatic carbocycles. The van der Waals surface area contributed by atoms with Gasteiger partial charge in [-0.1, -0.05) is 12.1 Å². The van der Waals surface area contributed by atoms with Crippen LogP contribution in [-0.2, 0) is 6.54 Å². The van der Waals surface area contributed by atoms with Crippen LogP contribution in [-0.4, -0.2) is 53.9 Å². The number of para-hydroxylation sites is 2. The molecule has 28 heavy (non-hydrogen) atoms. The normalized spacial score (nSPS) is 12.0. The zero-order valence-electron chi connectivity index (χ0n) is 15.8. The number of aliphatic hydroxyl groups is 1. The number of halogens is 1. The summed E-state index contributed by atoms with van der Waals surface area (Å²) in [6, 6.07) is 7.88. The fourth-order valence-electron chi connectivity index (χ4n) is 3.03. The van der Waals surface area contributed by atoms with Gasteiger partial charge >= 0.3 is 0 Å². The first-order valence-corrected chi connectivity index (χ1v) is 9.62. The highest BCUT2D eigenvalue weighted by molar-refractivity contribution is 9.10. The maximum Gasteiger partial charge on any atom is 0.230 e. The third kappa shape index (κ3) is 3.78. The molecule has 3 heterocycles. The van der Waals surface area contributed by atoms with E-state index in [0.29, 0.717) is 30.6 Å². The van der Waals surface area contributed by atoms with Gasteiger partial charge in [0.15, 0.2) is 5.65 Å². The Morgan fingerprint density at radius 1 is 1.25 bits per heavy atom. The summed E-state index contributed by atoms with van der Waals surface area (Å²) in [5, 5.41) is 17.7. The Hall–Kier alpha value is -2.72. The molecular formula is C18H21BrN8O. The van der Waals surface area contributed by atoms with Crippen LogP contribution >= 0.6 is 15.9 Å². The number of fused-ring (bicyclic) bond motifs is 2. The lowest BCUT2D eigenvalue weighted by molar-refractivity contribution is 0.0883. The highest BCUT2D eigenvalue weighted by Gasteiger charge is 2.20. The maximum absolute atomic E-state index is 10.1. The average Bonchev–Trinajstić information content (AvgIpc) is 3.21. The van der Waals surface area contributed by atoms with E-state index in [1.54, 1.807) is 24.6 Å². The van der Waals surface area contributed by atoms with E-state index in [0.717, 1.165) is 21.3 Å². The summed E-state index contributed by atoms with van der Waals surface area (Å²) in [7, 11) is 1.84. The topological polar surface area (TPSA) is 107 Å². The summed E-state index contributed by atoms with van der Waals surface area (Å²) in [5.74, 6) is 1.82. The number of aromatic nitrogens is 6. The molecule has 9 nitrogen and oxygen atoms in total. The van der Waals surface area contributed by atoms with Gasteiger partial charge in [-0.2, -0.15) is 19.6 Å². The first-order valence-electron chi connectivity index (χ1n) is 8.82. The zero-order chi connectivity index (χ0) is 19.9. The second kappa shape index (κ2) is 7.02. The van der Waals surface area contributed by atoms with Crippen LogP contribution in [0.4, 0.5) is 11.9 Å². The maximum atomic E-state index is 10.1. The fourth-order valence-corrected chi connectivity index (χ4v) is 3.38. The summed E-state index contributed by atoms with van der Waals surface area (Å²) in [6.45, 7) is 4.33. The van der Waals surface area contributed by atoms with Gasteiger partial charge in [0, 0.05) is 13.6 Å². The van der Waals surface area contributed by atoms with Crippen LogP contribution in [0.25, 0.3) is 16.7 Å². The average molecular weight is 445 g/mol. The van der Waals surface area contributed by atoms with Crippen molar-refractivity contribution in [3.05, 3.63) is 40.8 Å². The highest BCUT2D eigenvalue weighted by atomic mass is 79.9. The van der Waals surface area contributed by atoms with Crippen molar-refractivity contribution in [3.8, 4) is 0 Å². The standard InChI is InChI=1S/C18H21BrN8O/c1-18(2,28)10-26(3)17-24-15-11(19)8-21-27(15)16(25-17)20-9-14-22-12-6-4-5-7-13(12)23-14/h4-8,28H,9-10H2,1-3H3,(H,22,23)(H,20,24,25). The SMILES string of the molecule is CN(CC(C)(C)O)c1nc(NCc2nc3ccccc3[nH]2)n2ncc(Br)c2n1. The van der Waals surface area contributed by atoms with E-state index in [4.69, 9.17) is 0 Å². The monoisotopic (exact) mass is 444 g/mol. The van der Waals surface area contributed by atoms with Crippen LogP contribution in [0, 0.1) is 0 Å². The number of nitrogens with one attached hydrogen (secondary N) is 2. The van der Waals surface area contributed by atoms with E-state index in [9.17, 15) is 5.11 Å². The van der Waals surface area contributed by atoms with E-state index < -0.39 is 5.60 Å². The van der Waals surface area contributed by atoms with Gasteiger partial charge in [-0.05, 0) is 41.9 Å². The van der Waals surface area contributed by atoms with Crippen molar-refractivity contribution in [1.29, 1.82) is 0 Å². The number of anilines is 2. The number of hydrogen-bond acceptors (Lipinski definition) is 7. The Bertz CT molecular complexity index is 1100. The summed E-state index contributed by atoms with van der Waals surface area (Å²) in [4.78, 5) is 18.8. The van der Waals surface area contributed by atoms with Gasteiger partial charge in [-0.25, -0.2) is 4.98 Å². The molecule has 3 aromatic heterocycles. The van der Waals surface area contributed by atoms with Crippen molar-refractivity contribution in [2.45, 2.75) is 26.0 Å². The Labute approximate surface area is 170 Å². The van der Waals surface area contributed by atoms with Gasteiger partial charge in [0.1, 0.15) is 5.82 Å². The lowest BCUT2D eigenvalue weighted by atomic mass is 10.1. The van der Waals surface area contributed by atoms with Crippen molar-refractivity contribution >= 4 is 44.5 Å². The molecule has 0 aliphatic heterocycles. The fraction of sp³-hybridized carbons (Fsp3) is 0.333. The number of likely N-dealkylation sites (N-methyl/N-ethyl adjacent to an activating group) is 1. The first-order chi connectivity index (χ1) is 13.3. The molecule has 0 saturated carbocycles. The zero-order valence-corrected chi connectivity index (χ0v) is 17.4. The molecule has 0 aliphatic rings. The summed E-state index contributed by atoms with van der Waals surface area (Å²) in [5.41, 5.74) is 1.67. The third-order valence-electron chi connectivity index (χ3n) is 4.13. The molecule has 0 amide bonds. The Morgan fingerprint density at radius 2 is 2.04 bits per heavy atom. The summed E-state index contributed by atoms with van der Waals surface area (Å²) in [6.07, 6.45) is 1.68. The van der Waals surface area contributed by atoms with Crippen molar-refractivity contribution in [2.75, 3.05) is 23.8 Å². The Balaban J connectivity index is 1.65. The molecule has 146 valence electrons. The number of nitrogens with zero attached hydrogens (tertiary/aromatic N) is 6. The minimum atomic E-state index is -0.871. The van der Waals surface area contributed by atoms with Gasteiger partial charge in [-0.15, -0.1) is 0 Å². The van der Waals surface area contributed by atoms with Gasteiger partial charge in [0.05, 0.1) is 33.8 Å². The van der Waals surface area contributed by atoms with E-state index in [1.165, 1.54) is 0 Å². The Morgan fingerprint density at radius 3 is 2.79 bits per heavy atom. The molecule has 4 rings (SSSR count). The minimum absolute atomic E-state index is 0.387. The van der Waals surface area contributed by atoms with E-state index in [2.05, 4.69) is 46.3 Å². The van der Waals surface area contributed by atoms with Crippen LogP contribution in [0.15, 0.2) is 34.9 Å². The molecule has 0 saturated heterocycles. The third-order valence-corrected chi connectivity index (χ3v) is 4.69. The van der Waals surface area contributed by atoms with Gasteiger partial charge in [0.2, 0.25) is 11.9 Å². The molecule has 0 spiro atoms. The van der Waals surface area contributed by atoms with E-state index >= 15 is 0 Å². The van der Waals surface area contributed by atoms with Gasteiger partial charge in [0.25, 0.3) is 0 Å². The molecule has 10 heteroatoms. The van der Waals surface area contributed by atoms with Crippen LogP contribution in [0.2, 0.25) is 0 Å². The molecule has 0 bridgehead atoms. The molecule has 0 fully saturated rings. The molecule has 0 atom stereocenters. The van der Waals surface area contributed by atoms with E-state index in [1.807, 2.05) is 36.2 Å². The summed E-state index contributed by atoms with van der Waals surface area (Å²) < 4.78 is 2.40. The number of H-pyrrole nitrogens is 1. The van der Waals surface area contributed by atoms with Crippen molar-refractivity contribution in [2.24, 2.45) is 0 Å². The van der Waals surface area contributed by atoms with Crippen molar-refractivity contribution < 1.29 is 5.11 Å². The number of aromatic amines is 1. The van der Waals surface area contributed by atoms with Crippen LogP contribution in [0.5, 0.6) is 0 Å². The lowest BCUT2D eigenvalue weighted by Gasteiger charge is -2.25. The summed E-state index contributed by atoms with van der Waals surface area (Å²) >= 11 is 3.48. The number of rotatable bonds is 6. The second-order valence-electron chi connectivity index (χ2n) is 7.30. The van der Waals surface area contributed by atoms with Crippen LogP contribution in [0.3, 0.4) is 0 Å². The molecular weight excluding hydrogens is 424 g/mol. The molecule has 3 N–H and O–H groups in total. The number of benzene rings is 1. The van der Waals surface area contributed by atoms with Gasteiger partial charge < -0.3 is 20.3 Å². The van der Waals surface area contributed by atoms with Crippen LogP contribution in [0.1, 0.15) is 19.7 Å². The smallest absolute Gasteiger partial charge is 0.230 e. The lowest BCUT2D eigenvalue weighted by Crippen LogP contribution is -2.37. The molecule has 1 aromatic carbocycles. The predicted molar refractivity (Wildman–Crippen MR) is 111 cm³/mol. The highest BCUT2D eigenvalue weighted by Crippen LogP contribution is 2.22. The van der Waals surface area contributed by atoms with Crippen molar-refractivity contribution in [1.82, 2.24) is 29.5 Å². The van der Waals surface area contributed by atoms with Gasteiger partial charge in [-0.3, -0.25) is 0 Å². The first kappa shape index (κ1) is 18.6. The molecule has 0 radical (unpaired) electrons. The number of hydrogen-bond donors (Lipinski definition) is 3. The molecule has 0 unspecified atom stereocenters. The quantitative estimate of drug-likeness (QED) is 0.419. The minimum Gasteiger partial charge on any atom is -0.389 e. The largest absolute Gasteiger partial charge is 0.389 e. The van der Waals surface area contributed by atoms with Crippen LogP contribution < -0.4 is 10.2 Å².